The van der Waals surface area contributed by atoms with Crippen LogP contribution in [0.4, 0.5) is 4.79 Å². The Kier molecular flexibility index (Phi) is 18.9. The molecule has 0 saturated heterocycles. The van der Waals surface area contributed by atoms with Gasteiger partial charge in [-0.15, -0.1) is 0 Å². The van der Waals surface area contributed by atoms with E-state index in [9.17, 15) is 4.79 Å². The molecule has 0 atom stereocenters. The van der Waals surface area contributed by atoms with Crippen LogP contribution in [-0.4, -0.2) is 17.9 Å². The Hall–Kier alpha value is -0.133. The number of ether oxygens (including phenoxy) is 1. The zero-order chi connectivity index (χ0) is 12.8. The fraction of sp³-hybridized carbons (Fsp3) is 0.929. The molecule has 0 aliphatic carbocycles. The summed E-state index contributed by atoms with van der Waals surface area (Å²) in [5.74, 6) is 0. The molecule has 0 bridgehead atoms. The van der Waals surface area contributed by atoms with Gasteiger partial charge in [0, 0.05) is 0 Å². The van der Waals surface area contributed by atoms with Gasteiger partial charge in [-0.25, -0.2) is 4.79 Å². The molecule has 0 aromatic carbocycles. The predicted octanol–water partition coefficient (Wildman–Crippen LogP) is 2.11. The van der Waals surface area contributed by atoms with Gasteiger partial charge in [-0.3, -0.25) is 0 Å². The standard InChI is InChI=1S/C14H28O3.Li.H/c1-2-3-4-5-6-7-8-9-10-11-12-13-17-14(15)16;;/h2-13H2,1H3,(H,15,16);;/q;+1;-1. The first-order valence-electron chi connectivity index (χ1n) is 7.13. The van der Waals surface area contributed by atoms with Crippen LogP contribution in [0.3, 0.4) is 0 Å². The maximum Gasteiger partial charge on any atom is 1.00 e. The number of carbonyl (C=O) groups is 1. The first-order valence-corrected chi connectivity index (χ1v) is 7.13. The van der Waals surface area contributed by atoms with E-state index in [4.69, 9.17) is 5.11 Å². The zero-order valence-electron chi connectivity index (χ0n) is 13.2. The molecule has 0 radical (unpaired) electrons. The average molecular weight is 252 g/mol. The second-order valence-electron chi connectivity index (χ2n) is 4.65. The molecule has 0 saturated carbocycles. The molecule has 0 fully saturated rings. The van der Waals surface area contributed by atoms with E-state index in [-0.39, 0.29) is 20.3 Å². The summed E-state index contributed by atoms with van der Waals surface area (Å²) in [6.07, 6.45) is 12.8. The van der Waals surface area contributed by atoms with Crippen molar-refractivity contribution in [1.82, 2.24) is 0 Å². The van der Waals surface area contributed by atoms with Gasteiger partial charge >= 0.3 is 25.0 Å². The van der Waals surface area contributed by atoms with Crippen molar-refractivity contribution in [3.8, 4) is 0 Å². The number of unbranched alkanes of at least 4 members (excludes halogenated alkanes) is 10. The molecule has 104 valence electrons. The second kappa shape index (κ2) is 16.9. The maximum atomic E-state index is 10.1. The Morgan fingerprint density at radius 3 is 1.67 bits per heavy atom. The molecule has 3 nitrogen and oxygen atoms in total. The van der Waals surface area contributed by atoms with Crippen LogP contribution in [-0.2, 0) is 4.74 Å². The molecule has 0 amide bonds. The summed E-state index contributed by atoms with van der Waals surface area (Å²) in [7, 11) is 0. The molecule has 0 heterocycles. The summed E-state index contributed by atoms with van der Waals surface area (Å²) in [6, 6.07) is 0. The van der Waals surface area contributed by atoms with E-state index in [2.05, 4.69) is 11.7 Å². The molecule has 0 rings (SSSR count). The molecule has 4 heteroatoms. The van der Waals surface area contributed by atoms with Crippen molar-refractivity contribution in [3.05, 3.63) is 0 Å². The number of hydrogen-bond acceptors (Lipinski definition) is 2. The number of rotatable bonds is 12. The molecule has 0 spiro atoms. The second-order valence-corrected chi connectivity index (χ2v) is 4.65. The Morgan fingerprint density at radius 1 is 0.889 bits per heavy atom. The minimum atomic E-state index is -1.16. The van der Waals surface area contributed by atoms with E-state index in [1.807, 2.05) is 0 Å². The van der Waals surface area contributed by atoms with Crippen LogP contribution in [0.1, 0.15) is 79.0 Å². The molecule has 0 aromatic rings. The van der Waals surface area contributed by atoms with Crippen molar-refractivity contribution >= 4 is 6.16 Å². The van der Waals surface area contributed by atoms with Crippen LogP contribution in [0.5, 0.6) is 0 Å². The molecular formula is C14H29LiO3. The molecule has 0 aliphatic rings. The van der Waals surface area contributed by atoms with E-state index in [0.29, 0.717) is 6.61 Å². The van der Waals surface area contributed by atoms with Gasteiger partial charge in [-0.2, -0.15) is 0 Å². The van der Waals surface area contributed by atoms with Crippen LogP contribution in [0.25, 0.3) is 0 Å². The van der Waals surface area contributed by atoms with E-state index >= 15 is 0 Å². The monoisotopic (exact) mass is 252 g/mol. The zero-order valence-corrected chi connectivity index (χ0v) is 12.2. The molecule has 0 unspecified atom stereocenters. The third kappa shape index (κ3) is 18.2. The first kappa shape index (κ1) is 20.2. The van der Waals surface area contributed by atoms with Crippen molar-refractivity contribution in [2.75, 3.05) is 6.61 Å². The normalized spacial score (nSPS) is 9.83. The quantitative estimate of drug-likeness (QED) is 0.329. The fourth-order valence-electron chi connectivity index (χ4n) is 1.93. The summed E-state index contributed by atoms with van der Waals surface area (Å²) in [4.78, 5) is 10.1. The first-order chi connectivity index (χ1) is 8.27. The van der Waals surface area contributed by atoms with Crippen molar-refractivity contribution in [2.45, 2.75) is 77.6 Å². The van der Waals surface area contributed by atoms with Crippen LogP contribution < -0.4 is 18.9 Å². The van der Waals surface area contributed by atoms with Crippen LogP contribution in [0, 0.1) is 0 Å². The SMILES string of the molecule is CCCCCCCCCCCCCOC(=O)O.[H-].[Li+]. The Labute approximate surface area is 125 Å². The van der Waals surface area contributed by atoms with E-state index in [1.54, 1.807) is 0 Å². The van der Waals surface area contributed by atoms with Gasteiger partial charge < -0.3 is 11.3 Å². The van der Waals surface area contributed by atoms with E-state index in [1.165, 1.54) is 57.8 Å². The Morgan fingerprint density at radius 2 is 1.28 bits per heavy atom. The van der Waals surface area contributed by atoms with Gasteiger partial charge in [-0.05, 0) is 6.42 Å². The minimum absolute atomic E-state index is 0. The minimum Gasteiger partial charge on any atom is -1.00 e. The van der Waals surface area contributed by atoms with Crippen molar-refractivity contribution in [1.29, 1.82) is 0 Å². The van der Waals surface area contributed by atoms with Gasteiger partial charge in [0.05, 0.1) is 6.61 Å². The fourth-order valence-corrected chi connectivity index (χ4v) is 1.93. The van der Waals surface area contributed by atoms with Crippen molar-refractivity contribution in [2.24, 2.45) is 0 Å². The molecular weight excluding hydrogens is 223 g/mol. The third-order valence-electron chi connectivity index (χ3n) is 2.97. The van der Waals surface area contributed by atoms with Crippen LogP contribution in [0.2, 0.25) is 0 Å². The summed E-state index contributed by atoms with van der Waals surface area (Å²) < 4.78 is 4.44. The van der Waals surface area contributed by atoms with Gasteiger partial charge in [-0.1, -0.05) is 71.1 Å². The third-order valence-corrected chi connectivity index (χ3v) is 2.97. The summed E-state index contributed by atoms with van der Waals surface area (Å²) >= 11 is 0. The molecule has 0 aliphatic heterocycles. The van der Waals surface area contributed by atoms with Gasteiger partial charge in [0.15, 0.2) is 0 Å². The molecule has 1 N–H and O–H groups in total. The van der Waals surface area contributed by atoms with E-state index < -0.39 is 6.16 Å². The number of carboxylic acid groups (broad SMARTS) is 1. The van der Waals surface area contributed by atoms with Crippen molar-refractivity contribution in [3.63, 3.8) is 0 Å². The smallest absolute Gasteiger partial charge is 1.00 e. The summed E-state index contributed by atoms with van der Waals surface area (Å²) in [6.45, 7) is 2.60. The summed E-state index contributed by atoms with van der Waals surface area (Å²) in [5, 5.41) is 8.25. The van der Waals surface area contributed by atoms with Gasteiger partial charge in [0.2, 0.25) is 0 Å². The Balaban J connectivity index is -0.00000128. The summed E-state index contributed by atoms with van der Waals surface area (Å²) in [5.41, 5.74) is 0. The average Bonchev–Trinajstić information content (AvgIpc) is 2.30. The van der Waals surface area contributed by atoms with Crippen LogP contribution >= 0.6 is 0 Å². The molecule has 0 aromatic heterocycles. The predicted molar refractivity (Wildman–Crippen MR) is 71.5 cm³/mol. The van der Waals surface area contributed by atoms with Crippen LogP contribution in [0.15, 0.2) is 0 Å². The largest absolute Gasteiger partial charge is 1.00 e. The van der Waals surface area contributed by atoms with E-state index in [0.717, 1.165) is 12.8 Å². The molecule has 18 heavy (non-hydrogen) atoms. The topological polar surface area (TPSA) is 46.5 Å². The van der Waals surface area contributed by atoms with Gasteiger partial charge in [0.1, 0.15) is 0 Å². The maximum absolute atomic E-state index is 10.1. The number of hydrogen-bond donors (Lipinski definition) is 1. The Bertz CT molecular complexity index is 180. The van der Waals surface area contributed by atoms with Crippen molar-refractivity contribution < 1.29 is 34.9 Å². The van der Waals surface area contributed by atoms with Gasteiger partial charge in [0.25, 0.3) is 0 Å².